The predicted octanol–water partition coefficient (Wildman–Crippen LogP) is 2.57. The van der Waals surface area contributed by atoms with E-state index in [0.717, 1.165) is 37.2 Å². The molecule has 0 atom stereocenters. The van der Waals surface area contributed by atoms with Crippen molar-refractivity contribution in [3.05, 3.63) is 69.7 Å². The number of aromatic amines is 1. The average molecular weight is 429 g/mol. The first-order chi connectivity index (χ1) is 15.4. The quantitative estimate of drug-likeness (QED) is 0.499. The number of nitrogens with one attached hydrogen (secondary N) is 1. The number of fused-ring (bicyclic) bond motifs is 3. The zero-order valence-corrected chi connectivity index (χ0v) is 18.0. The second kappa shape index (κ2) is 7.67. The van der Waals surface area contributed by atoms with Gasteiger partial charge in [0.05, 0.1) is 22.1 Å². The number of hydrogen-bond donors (Lipinski definition) is 1. The second-order valence-corrected chi connectivity index (χ2v) is 8.19. The lowest BCUT2D eigenvalue weighted by Gasteiger charge is -2.34. The Morgan fingerprint density at radius 3 is 2.50 bits per heavy atom. The van der Waals surface area contributed by atoms with Crippen molar-refractivity contribution in [2.75, 3.05) is 13.1 Å². The van der Waals surface area contributed by atoms with E-state index in [1.165, 1.54) is 6.20 Å². The number of pyridine rings is 2. The van der Waals surface area contributed by atoms with Crippen LogP contribution in [0.2, 0.25) is 0 Å². The molecule has 0 unspecified atom stereocenters. The summed E-state index contributed by atoms with van der Waals surface area (Å²) in [5, 5.41) is 0.351. The molecule has 4 aromatic heterocycles. The van der Waals surface area contributed by atoms with Crippen molar-refractivity contribution in [3.63, 3.8) is 0 Å². The molecule has 0 bridgehead atoms. The van der Waals surface area contributed by atoms with E-state index in [2.05, 4.69) is 31.4 Å². The van der Waals surface area contributed by atoms with Crippen molar-refractivity contribution < 1.29 is 0 Å². The first-order valence-corrected chi connectivity index (χ1v) is 10.6. The third kappa shape index (κ3) is 3.35. The molecule has 5 heterocycles. The summed E-state index contributed by atoms with van der Waals surface area (Å²) in [4.78, 5) is 48.0. The number of aryl methyl sites for hydroxylation is 1. The first-order valence-electron chi connectivity index (χ1n) is 10.6. The number of nitrogens with zero attached hydrogens (tertiary/aromatic N) is 6. The summed E-state index contributed by atoms with van der Waals surface area (Å²) in [7, 11) is 0. The van der Waals surface area contributed by atoms with Crippen molar-refractivity contribution >= 4 is 21.9 Å². The molecule has 0 aliphatic carbocycles. The van der Waals surface area contributed by atoms with E-state index in [0.29, 0.717) is 33.5 Å². The minimum absolute atomic E-state index is 0.0591. The highest BCUT2D eigenvalue weighted by atomic mass is 16.2. The monoisotopic (exact) mass is 429 g/mol. The molecule has 4 aromatic rings. The van der Waals surface area contributed by atoms with Gasteiger partial charge >= 0.3 is 5.69 Å². The SMILES string of the molecule is C=C(C)N1CCC(n2c(=O)[nH]c(=O)c3cnc4ccc(-c5cnc(C)nc5)nc4c32)CC1. The first kappa shape index (κ1) is 20.0. The van der Waals surface area contributed by atoms with Crippen molar-refractivity contribution in [2.45, 2.75) is 32.7 Å². The Morgan fingerprint density at radius 2 is 1.81 bits per heavy atom. The van der Waals surface area contributed by atoms with Crippen molar-refractivity contribution in [3.8, 4) is 11.3 Å². The minimum atomic E-state index is -0.458. The zero-order chi connectivity index (χ0) is 22.4. The normalized spacial score (nSPS) is 14.9. The van der Waals surface area contributed by atoms with Crippen LogP contribution >= 0.6 is 0 Å². The molecule has 1 aliphatic rings. The van der Waals surface area contributed by atoms with Crippen LogP contribution in [0.5, 0.6) is 0 Å². The number of hydrogen-bond acceptors (Lipinski definition) is 7. The zero-order valence-electron chi connectivity index (χ0n) is 18.0. The third-order valence-electron chi connectivity index (χ3n) is 6.06. The van der Waals surface area contributed by atoms with Crippen LogP contribution in [0.25, 0.3) is 33.2 Å². The summed E-state index contributed by atoms with van der Waals surface area (Å²) in [6.45, 7) is 9.43. The number of likely N-dealkylation sites (tertiary alicyclic amines) is 1. The molecule has 0 aromatic carbocycles. The average Bonchev–Trinajstić information content (AvgIpc) is 2.79. The highest BCUT2D eigenvalue weighted by Gasteiger charge is 2.25. The topological polar surface area (TPSA) is 110 Å². The molecule has 5 rings (SSSR count). The second-order valence-electron chi connectivity index (χ2n) is 8.19. The van der Waals surface area contributed by atoms with E-state index < -0.39 is 11.2 Å². The highest BCUT2D eigenvalue weighted by molar-refractivity contribution is 6.01. The summed E-state index contributed by atoms with van der Waals surface area (Å²) in [6, 6.07) is 3.63. The fourth-order valence-corrected chi connectivity index (χ4v) is 4.33. The summed E-state index contributed by atoms with van der Waals surface area (Å²) < 4.78 is 1.69. The molecule has 1 aliphatic heterocycles. The molecule has 1 fully saturated rings. The maximum atomic E-state index is 13.0. The molecule has 0 amide bonds. The molecular formula is C23H23N7O2. The van der Waals surface area contributed by atoms with E-state index in [9.17, 15) is 9.59 Å². The van der Waals surface area contributed by atoms with Gasteiger partial charge in [0.25, 0.3) is 5.56 Å². The fourth-order valence-electron chi connectivity index (χ4n) is 4.33. The number of aromatic nitrogens is 6. The smallest absolute Gasteiger partial charge is 0.329 e. The number of rotatable bonds is 3. The van der Waals surface area contributed by atoms with E-state index in [-0.39, 0.29) is 6.04 Å². The van der Waals surface area contributed by atoms with Crippen LogP contribution in [-0.4, -0.2) is 47.5 Å². The predicted molar refractivity (Wildman–Crippen MR) is 122 cm³/mol. The Morgan fingerprint density at radius 1 is 1.09 bits per heavy atom. The molecule has 0 radical (unpaired) electrons. The Kier molecular flexibility index (Phi) is 4.80. The van der Waals surface area contributed by atoms with Gasteiger partial charge in [-0.05, 0) is 38.8 Å². The fraction of sp³-hybridized carbons (Fsp3) is 0.304. The van der Waals surface area contributed by atoms with Gasteiger partial charge in [0.1, 0.15) is 11.3 Å². The minimum Gasteiger partial charge on any atom is -0.375 e. The number of piperidine rings is 1. The lowest BCUT2D eigenvalue weighted by Crippen LogP contribution is -2.39. The molecule has 32 heavy (non-hydrogen) atoms. The van der Waals surface area contributed by atoms with Crippen molar-refractivity contribution in [1.82, 2.24) is 34.4 Å². The van der Waals surface area contributed by atoms with Crippen LogP contribution in [0.1, 0.15) is 31.6 Å². The molecule has 0 saturated carbocycles. The molecular weight excluding hydrogens is 406 g/mol. The molecule has 1 N–H and O–H groups in total. The molecule has 0 spiro atoms. The standard InChI is InChI=1S/C23H23N7O2/c1-13(2)29-8-6-16(7-9-29)30-21-17(22(31)28-23(30)32)12-26-19-5-4-18(27-20(19)21)15-10-24-14(3)25-11-15/h4-5,10-12,16H,1,6-9H2,2-3H3,(H,28,31,32). The highest BCUT2D eigenvalue weighted by Crippen LogP contribution is 2.29. The molecule has 9 nitrogen and oxygen atoms in total. The van der Waals surface area contributed by atoms with Gasteiger partial charge in [0, 0.05) is 49.0 Å². The number of H-pyrrole nitrogens is 1. The summed E-state index contributed by atoms with van der Waals surface area (Å²) in [6.07, 6.45) is 6.48. The maximum absolute atomic E-state index is 13.0. The Hall–Kier alpha value is -3.88. The Labute approximate surface area is 183 Å². The van der Waals surface area contributed by atoms with Gasteiger partial charge in [-0.2, -0.15) is 0 Å². The Bertz CT molecular complexity index is 1460. The van der Waals surface area contributed by atoms with Gasteiger partial charge in [0.15, 0.2) is 0 Å². The summed E-state index contributed by atoms with van der Waals surface area (Å²) >= 11 is 0. The van der Waals surface area contributed by atoms with Crippen LogP contribution in [0, 0.1) is 6.92 Å². The van der Waals surface area contributed by atoms with Crippen molar-refractivity contribution in [1.29, 1.82) is 0 Å². The molecule has 9 heteroatoms. The van der Waals surface area contributed by atoms with Crippen molar-refractivity contribution in [2.24, 2.45) is 0 Å². The molecule has 1 saturated heterocycles. The van der Waals surface area contributed by atoms with Crippen LogP contribution < -0.4 is 11.2 Å². The van der Waals surface area contributed by atoms with Gasteiger partial charge in [-0.15, -0.1) is 0 Å². The van der Waals surface area contributed by atoms with E-state index in [4.69, 9.17) is 4.98 Å². The van der Waals surface area contributed by atoms with E-state index >= 15 is 0 Å². The third-order valence-corrected chi connectivity index (χ3v) is 6.06. The lowest BCUT2D eigenvalue weighted by molar-refractivity contribution is 0.228. The molecule has 162 valence electrons. The lowest BCUT2D eigenvalue weighted by atomic mass is 10.0. The number of allylic oxidation sites excluding steroid dienone is 1. The maximum Gasteiger partial charge on any atom is 0.329 e. The van der Waals surface area contributed by atoms with Gasteiger partial charge in [-0.1, -0.05) is 6.58 Å². The van der Waals surface area contributed by atoms with Crippen LogP contribution in [0.4, 0.5) is 0 Å². The van der Waals surface area contributed by atoms with E-state index in [1.54, 1.807) is 17.0 Å². The summed E-state index contributed by atoms with van der Waals surface area (Å²) in [5.74, 6) is 0.670. The van der Waals surface area contributed by atoms with Gasteiger partial charge < -0.3 is 4.90 Å². The van der Waals surface area contributed by atoms with Crippen LogP contribution in [0.3, 0.4) is 0 Å². The Balaban J connectivity index is 1.74. The van der Waals surface area contributed by atoms with Crippen LogP contribution in [-0.2, 0) is 0 Å². The van der Waals surface area contributed by atoms with E-state index in [1.807, 2.05) is 26.0 Å². The van der Waals surface area contributed by atoms with Crippen LogP contribution in [0.15, 0.2) is 52.6 Å². The van der Waals surface area contributed by atoms with Gasteiger partial charge in [-0.25, -0.2) is 19.7 Å². The van der Waals surface area contributed by atoms with Gasteiger partial charge in [-0.3, -0.25) is 19.3 Å². The summed E-state index contributed by atoms with van der Waals surface area (Å²) in [5.41, 5.74) is 3.20. The van der Waals surface area contributed by atoms with Gasteiger partial charge in [0.2, 0.25) is 0 Å². The largest absolute Gasteiger partial charge is 0.375 e.